The zero-order valence-corrected chi connectivity index (χ0v) is 16.7. The highest BCUT2D eigenvalue weighted by Crippen LogP contribution is 2.29. The molecule has 26 heavy (non-hydrogen) atoms. The molecule has 2 aliphatic rings. The molecule has 0 saturated carbocycles. The minimum atomic E-state index is -0.529. The van der Waals surface area contributed by atoms with Gasteiger partial charge in [-0.3, -0.25) is 14.6 Å². The Bertz CT molecular complexity index is 762. The van der Waals surface area contributed by atoms with Gasteiger partial charge >= 0.3 is 12.0 Å². The first-order chi connectivity index (χ1) is 12.2. The molecule has 2 aliphatic heterocycles. The van der Waals surface area contributed by atoms with E-state index in [1.807, 2.05) is 17.7 Å². The average molecular weight is 360 g/mol. The molecule has 1 aromatic rings. The van der Waals surface area contributed by atoms with E-state index in [2.05, 4.69) is 37.3 Å². The molecule has 3 amide bonds. The summed E-state index contributed by atoms with van der Waals surface area (Å²) in [5.41, 5.74) is 1.09. The molecule has 1 saturated heterocycles. The van der Waals surface area contributed by atoms with Gasteiger partial charge in [-0.25, -0.2) is 13.9 Å². The third-order valence-electron chi connectivity index (χ3n) is 5.18. The lowest BCUT2D eigenvalue weighted by molar-refractivity contribution is -0.677. The van der Waals surface area contributed by atoms with Crippen molar-refractivity contribution in [3.8, 4) is 0 Å². The summed E-state index contributed by atoms with van der Waals surface area (Å²) in [5.74, 6) is 2.15. The predicted octanol–water partition coefficient (Wildman–Crippen LogP) is 2.65. The first-order valence-electron chi connectivity index (χ1n) is 9.51. The van der Waals surface area contributed by atoms with Crippen LogP contribution in [-0.2, 0) is 11.3 Å². The number of nitrogens with zero attached hydrogens (tertiary/aromatic N) is 5. The van der Waals surface area contributed by atoms with Crippen LogP contribution in [0.5, 0.6) is 0 Å². The number of fused-ring (bicyclic) bond motifs is 3. The summed E-state index contributed by atoms with van der Waals surface area (Å²) in [5, 5.41) is 0. The SMILES string of the molecule is Cc1c[n+]2c(n1CCC(C)C)N=C1C2C(=O)N(CCC(C)C)C(=O)N1C. The fraction of sp³-hybridized carbons (Fsp3) is 0.684. The summed E-state index contributed by atoms with van der Waals surface area (Å²) in [6, 6.07) is -0.805. The van der Waals surface area contributed by atoms with Crippen LogP contribution in [0.4, 0.5) is 10.7 Å². The van der Waals surface area contributed by atoms with Crippen LogP contribution in [0, 0.1) is 18.8 Å². The van der Waals surface area contributed by atoms with Crippen molar-refractivity contribution in [2.75, 3.05) is 13.6 Å². The quantitative estimate of drug-likeness (QED) is 0.732. The third kappa shape index (κ3) is 3.04. The van der Waals surface area contributed by atoms with E-state index in [0.717, 1.165) is 31.0 Å². The van der Waals surface area contributed by atoms with Crippen LogP contribution in [0.1, 0.15) is 52.3 Å². The number of likely N-dealkylation sites (N-methyl/N-ethyl adjacent to an activating group) is 1. The van der Waals surface area contributed by atoms with Gasteiger partial charge in [0.1, 0.15) is 11.9 Å². The summed E-state index contributed by atoms with van der Waals surface area (Å²) in [6.07, 6.45) is 3.83. The van der Waals surface area contributed by atoms with E-state index >= 15 is 0 Å². The number of urea groups is 1. The van der Waals surface area contributed by atoms with E-state index in [4.69, 9.17) is 0 Å². The zero-order valence-electron chi connectivity index (χ0n) is 16.7. The molecule has 0 N–H and O–H groups in total. The number of carbonyl (C=O) groups excluding carboxylic acids is 2. The van der Waals surface area contributed by atoms with Gasteiger partial charge in [0.15, 0.2) is 0 Å². The topological polar surface area (TPSA) is 61.8 Å². The number of hydrogen-bond acceptors (Lipinski definition) is 3. The number of hydrogen-bond donors (Lipinski definition) is 0. The van der Waals surface area contributed by atoms with E-state index in [0.29, 0.717) is 24.2 Å². The highest BCUT2D eigenvalue weighted by atomic mass is 16.2. The number of amides is 3. The molecular weight excluding hydrogens is 330 g/mol. The van der Waals surface area contributed by atoms with Gasteiger partial charge in [0.2, 0.25) is 11.9 Å². The van der Waals surface area contributed by atoms with Crippen molar-refractivity contribution in [1.29, 1.82) is 0 Å². The molecule has 3 heterocycles. The first-order valence-corrected chi connectivity index (χ1v) is 9.51. The zero-order chi connectivity index (χ0) is 19.2. The van der Waals surface area contributed by atoms with E-state index in [1.165, 1.54) is 9.80 Å². The Morgan fingerprint density at radius 3 is 2.35 bits per heavy atom. The fourth-order valence-electron chi connectivity index (χ4n) is 3.49. The molecule has 1 aromatic heterocycles. The molecule has 1 unspecified atom stereocenters. The monoisotopic (exact) mass is 360 g/mol. The van der Waals surface area contributed by atoms with Crippen molar-refractivity contribution in [3.63, 3.8) is 0 Å². The lowest BCUT2D eigenvalue weighted by atomic mass is 10.1. The highest BCUT2D eigenvalue weighted by molar-refractivity contribution is 6.19. The normalized spacial score (nSPS) is 19.5. The van der Waals surface area contributed by atoms with Gasteiger partial charge in [-0.15, -0.1) is 0 Å². The van der Waals surface area contributed by atoms with Crippen molar-refractivity contribution in [1.82, 2.24) is 14.4 Å². The molecule has 0 spiro atoms. The van der Waals surface area contributed by atoms with Crippen molar-refractivity contribution in [2.24, 2.45) is 16.8 Å². The van der Waals surface area contributed by atoms with Gasteiger partial charge in [-0.1, -0.05) is 32.7 Å². The van der Waals surface area contributed by atoms with Crippen LogP contribution in [0.25, 0.3) is 0 Å². The van der Waals surface area contributed by atoms with Gasteiger partial charge in [0, 0.05) is 13.6 Å². The smallest absolute Gasteiger partial charge is 0.270 e. The number of imidazole rings is 1. The molecule has 0 bridgehead atoms. The molecule has 142 valence electrons. The summed E-state index contributed by atoms with van der Waals surface area (Å²) >= 11 is 0. The summed E-state index contributed by atoms with van der Waals surface area (Å²) in [7, 11) is 1.71. The Labute approximate surface area is 155 Å². The summed E-state index contributed by atoms with van der Waals surface area (Å²) in [6.45, 7) is 11.9. The van der Waals surface area contributed by atoms with Crippen LogP contribution >= 0.6 is 0 Å². The van der Waals surface area contributed by atoms with Crippen molar-refractivity contribution < 1.29 is 14.2 Å². The number of amidine groups is 1. The average Bonchev–Trinajstić information content (AvgIpc) is 3.05. The fourth-order valence-corrected chi connectivity index (χ4v) is 3.49. The second kappa shape index (κ2) is 6.85. The number of imide groups is 1. The lowest BCUT2D eigenvalue weighted by Gasteiger charge is -2.33. The molecule has 7 nitrogen and oxygen atoms in total. The van der Waals surface area contributed by atoms with Crippen molar-refractivity contribution in [3.05, 3.63) is 11.9 Å². The van der Waals surface area contributed by atoms with Gasteiger partial charge in [-0.2, -0.15) is 0 Å². The Morgan fingerprint density at radius 1 is 1.12 bits per heavy atom. The Kier molecular flexibility index (Phi) is 4.90. The van der Waals surface area contributed by atoms with Crippen LogP contribution in [0.15, 0.2) is 11.2 Å². The molecular formula is C19H30N5O2+. The number of aromatic nitrogens is 2. The maximum absolute atomic E-state index is 13.1. The van der Waals surface area contributed by atoms with Gasteiger partial charge in [-0.05, 0) is 31.6 Å². The number of carbonyl (C=O) groups is 2. The molecule has 0 radical (unpaired) electrons. The largest absolute Gasteiger partial charge is 0.401 e. The number of rotatable bonds is 6. The van der Waals surface area contributed by atoms with E-state index < -0.39 is 6.04 Å². The molecule has 3 rings (SSSR count). The Balaban J connectivity index is 1.94. The van der Waals surface area contributed by atoms with Crippen LogP contribution < -0.4 is 4.57 Å². The van der Waals surface area contributed by atoms with Crippen molar-refractivity contribution in [2.45, 2.75) is 60.0 Å². The van der Waals surface area contributed by atoms with Gasteiger partial charge in [0.25, 0.3) is 5.91 Å². The van der Waals surface area contributed by atoms with Crippen molar-refractivity contribution >= 4 is 23.7 Å². The summed E-state index contributed by atoms with van der Waals surface area (Å²) in [4.78, 5) is 33.4. The van der Waals surface area contributed by atoms with Gasteiger partial charge in [0.05, 0.1) is 6.54 Å². The lowest BCUT2D eigenvalue weighted by Crippen LogP contribution is -2.62. The first kappa shape index (κ1) is 18.6. The Hall–Kier alpha value is -2.18. The number of aliphatic imine (C=N–C) groups is 1. The highest BCUT2D eigenvalue weighted by Gasteiger charge is 2.52. The molecule has 1 fully saturated rings. The van der Waals surface area contributed by atoms with E-state index in [1.54, 1.807) is 7.05 Å². The molecule has 0 aliphatic carbocycles. The maximum Gasteiger partial charge on any atom is 0.401 e. The second-order valence-corrected chi connectivity index (χ2v) is 8.20. The van der Waals surface area contributed by atoms with Crippen LogP contribution in [0.2, 0.25) is 0 Å². The second-order valence-electron chi connectivity index (χ2n) is 8.20. The third-order valence-corrected chi connectivity index (χ3v) is 5.18. The molecule has 7 heteroatoms. The molecule has 0 aromatic carbocycles. The summed E-state index contributed by atoms with van der Waals surface area (Å²) < 4.78 is 4.08. The van der Waals surface area contributed by atoms with E-state index in [9.17, 15) is 9.59 Å². The van der Waals surface area contributed by atoms with Crippen LogP contribution in [-0.4, -0.2) is 45.7 Å². The van der Waals surface area contributed by atoms with Crippen LogP contribution in [0.3, 0.4) is 0 Å². The minimum absolute atomic E-state index is 0.169. The predicted molar refractivity (Wildman–Crippen MR) is 99.3 cm³/mol. The Morgan fingerprint density at radius 2 is 1.73 bits per heavy atom. The molecule has 1 atom stereocenters. The number of aryl methyl sites for hydroxylation is 1. The van der Waals surface area contributed by atoms with Gasteiger partial charge < -0.3 is 0 Å². The van der Waals surface area contributed by atoms with E-state index in [-0.39, 0.29) is 11.9 Å². The maximum atomic E-state index is 13.1. The standard InChI is InChI=1S/C19H30N5O2/c1-12(2)7-9-22-14(5)11-24-15-16(20-18(22)24)21(6)19(26)23(17(15)25)10-8-13(3)4/h11-13,15H,7-10H2,1-6H3/q+1. The minimum Gasteiger partial charge on any atom is -0.270 e.